The van der Waals surface area contributed by atoms with Crippen molar-refractivity contribution in [3.8, 4) is 11.4 Å². The monoisotopic (exact) mass is 521 g/mol. The Morgan fingerprint density at radius 3 is 1.76 bits per heavy atom. The smallest absolute Gasteiger partial charge is 0.0641 e. The van der Waals surface area contributed by atoms with Gasteiger partial charge in [-0.1, -0.05) is 78.9 Å². The van der Waals surface area contributed by atoms with E-state index in [9.17, 15) is 0 Å². The van der Waals surface area contributed by atoms with Crippen LogP contribution in [0.3, 0.4) is 0 Å². The lowest BCUT2D eigenvalue weighted by atomic mass is 10.0. The van der Waals surface area contributed by atoms with E-state index in [0.717, 1.165) is 0 Å². The Morgan fingerprint density at radius 2 is 1.00 bits per heavy atom. The lowest BCUT2D eigenvalue weighted by Gasteiger charge is -2.09. The van der Waals surface area contributed by atoms with E-state index in [-0.39, 0.29) is 0 Å². The minimum Gasteiger partial charge on any atom is -0.315 e. The van der Waals surface area contributed by atoms with E-state index in [1.54, 1.807) is 0 Å². The minimum atomic E-state index is 1.18. The molecular formula is C38H23N3. The van der Waals surface area contributed by atoms with Crippen molar-refractivity contribution in [3.63, 3.8) is 0 Å². The van der Waals surface area contributed by atoms with Gasteiger partial charge < -0.3 is 13.5 Å². The summed E-state index contributed by atoms with van der Waals surface area (Å²) in [6, 6.07) is 48.5. The van der Waals surface area contributed by atoms with Crippen LogP contribution in [0.2, 0.25) is 0 Å². The number of hydrogen-bond donors (Lipinski definition) is 0. The molecule has 6 aromatic carbocycles. The zero-order valence-electron chi connectivity index (χ0n) is 22.1. The zero-order valence-corrected chi connectivity index (χ0v) is 22.1. The van der Waals surface area contributed by atoms with E-state index < -0.39 is 0 Å². The number of rotatable bonds is 2. The highest BCUT2D eigenvalue weighted by molar-refractivity contribution is 6.37. The topological polar surface area (TPSA) is 14.3 Å². The number of hydrogen-bond acceptors (Lipinski definition) is 0. The lowest BCUT2D eigenvalue weighted by molar-refractivity contribution is 1.18. The maximum atomic E-state index is 2.47. The minimum absolute atomic E-state index is 1.18. The molecule has 0 bridgehead atoms. The van der Waals surface area contributed by atoms with Gasteiger partial charge in [-0.05, 0) is 54.6 Å². The molecule has 10 rings (SSSR count). The van der Waals surface area contributed by atoms with Crippen molar-refractivity contribution in [3.05, 3.63) is 140 Å². The molecule has 0 saturated carbocycles. The lowest BCUT2D eigenvalue weighted by Crippen LogP contribution is -1.94. The van der Waals surface area contributed by atoms with Crippen LogP contribution in [0.5, 0.6) is 0 Å². The predicted octanol–water partition coefficient (Wildman–Crippen LogP) is 9.88. The molecule has 0 aliphatic heterocycles. The van der Waals surface area contributed by atoms with Crippen molar-refractivity contribution in [1.29, 1.82) is 0 Å². The van der Waals surface area contributed by atoms with Crippen LogP contribution in [0.15, 0.2) is 140 Å². The molecule has 41 heavy (non-hydrogen) atoms. The van der Waals surface area contributed by atoms with E-state index in [2.05, 4.69) is 153 Å². The second-order valence-electron chi connectivity index (χ2n) is 11.0. The highest BCUT2D eigenvalue weighted by Gasteiger charge is 2.24. The molecule has 0 fully saturated rings. The van der Waals surface area contributed by atoms with Crippen molar-refractivity contribution in [2.75, 3.05) is 0 Å². The summed E-state index contributed by atoms with van der Waals surface area (Å²) in [5, 5.41) is 9.06. The Hall–Kier alpha value is -5.54. The second kappa shape index (κ2) is 7.56. The van der Waals surface area contributed by atoms with E-state index in [1.165, 1.54) is 82.2 Å². The highest BCUT2D eigenvalue weighted by Crippen LogP contribution is 2.47. The fraction of sp³-hybridized carbons (Fsp3) is 0. The van der Waals surface area contributed by atoms with Gasteiger partial charge in [0, 0.05) is 55.3 Å². The Bertz CT molecular complexity index is 2610. The quantitative estimate of drug-likeness (QED) is 0.215. The Labute approximate surface area is 235 Å². The summed E-state index contributed by atoms with van der Waals surface area (Å²) < 4.78 is 7.31. The number of benzene rings is 6. The summed E-state index contributed by atoms with van der Waals surface area (Å²) in [5.74, 6) is 0. The molecule has 10 aromatic rings. The molecule has 0 amide bonds. The van der Waals surface area contributed by atoms with Crippen molar-refractivity contribution in [2.45, 2.75) is 0 Å². The molecule has 0 radical (unpaired) electrons. The summed E-state index contributed by atoms with van der Waals surface area (Å²) in [4.78, 5) is 0. The molecule has 0 spiro atoms. The molecule has 3 nitrogen and oxygen atoms in total. The Balaban J connectivity index is 1.54. The van der Waals surface area contributed by atoms with Crippen LogP contribution in [0.25, 0.3) is 82.2 Å². The van der Waals surface area contributed by atoms with Gasteiger partial charge in [0.15, 0.2) is 0 Å². The molecule has 190 valence electrons. The van der Waals surface area contributed by atoms with E-state index >= 15 is 0 Å². The van der Waals surface area contributed by atoms with Gasteiger partial charge in [-0.15, -0.1) is 0 Å². The van der Waals surface area contributed by atoms with E-state index in [4.69, 9.17) is 0 Å². The summed E-state index contributed by atoms with van der Waals surface area (Å²) in [6.07, 6.45) is 2.25. The van der Waals surface area contributed by atoms with Crippen molar-refractivity contribution in [1.82, 2.24) is 13.5 Å². The average Bonchev–Trinajstić information content (AvgIpc) is 3.77. The van der Waals surface area contributed by atoms with Gasteiger partial charge in [-0.2, -0.15) is 0 Å². The van der Waals surface area contributed by atoms with Gasteiger partial charge >= 0.3 is 0 Å². The third-order valence-electron chi connectivity index (χ3n) is 8.96. The van der Waals surface area contributed by atoms with Crippen LogP contribution in [0.4, 0.5) is 0 Å². The van der Waals surface area contributed by atoms with Crippen LogP contribution >= 0.6 is 0 Å². The highest BCUT2D eigenvalue weighted by atomic mass is 15.0. The Kier molecular flexibility index (Phi) is 3.93. The predicted molar refractivity (Wildman–Crippen MR) is 172 cm³/mol. The van der Waals surface area contributed by atoms with Crippen LogP contribution in [0, 0.1) is 0 Å². The first kappa shape index (κ1) is 21.3. The molecule has 0 unspecified atom stereocenters. The van der Waals surface area contributed by atoms with E-state index in [1.807, 2.05) is 0 Å². The number of aromatic nitrogens is 3. The number of fused-ring (bicyclic) bond motifs is 11. The van der Waals surface area contributed by atoms with Gasteiger partial charge in [-0.25, -0.2) is 0 Å². The number of nitrogens with zero attached hydrogens (tertiary/aromatic N) is 3. The van der Waals surface area contributed by atoms with Crippen LogP contribution in [0.1, 0.15) is 0 Å². The molecule has 4 aromatic heterocycles. The molecule has 0 aliphatic rings. The fourth-order valence-corrected chi connectivity index (χ4v) is 7.39. The van der Waals surface area contributed by atoms with Gasteiger partial charge in [0.05, 0.1) is 33.1 Å². The fourth-order valence-electron chi connectivity index (χ4n) is 7.39. The van der Waals surface area contributed by atoms with Crippen molar-refractivity contribution in [2.24, 2.45) is 0 Å². The van der Waals surface area contributed by atoms with Crippen molar-refractivity contribution >= 4 is 70.8 Å². The normalized spacial score (nSPS) is 12.4. The maximum absolute atomic E-state index is 2.47. The average molecular weight is 522 g/mol. The molecule has 0 atom stereocenters. The summed E-state index contributed by atoms with van der Waals surface area (Å²) in [6.45, 7) is 0. The molecule has 0 aliphatic carbocycles. The van der Waals surface area contributed by atoms with Crippen molar-refractivity contribution < 1.29 is 0 Å². The third-order valence-corrected chi connectivity index (χ3v) is 8.96. The molecule has 0 N–H and O–H groups in total. The second-order valence-corrected chi connectivity index (χ2v) is 11.0. The largest absolute Gasteiger partial charge is 0.315 e. The summed E-state index contributed by atoms with van der Waals surface area (Å²) in [5.41, 5.74) is 9.86. The summed E-state index contributed by atoms with van der Waals surface area (Å²) in [7, 11) is 0. The van der Waals surface area contributed by atoms with Gasteiger partial charge in [0.1, 0.15) is 0 Å². The van der Waals surface area contributed by atoms with Crippen LogP contribution in [-0.4, -0.2) is 13.5 Å². The zero-order chi connectivity index (χ0) is 26.7. The maximum Gasteiger partial charge on any atom is 0.0641 e. The van der Waals surface area contributed by atoms with Gasteiger partial charge in [0.25, 0.3) is 0 Å². The van der Waals surface area contributed by atoms with E-state index in [0.29, 0.717) is 0 Å². The first-order chi connectivity index (χ1) is 20.4. The first-order valence-electron chi connectivity index (χ1n) is 14.1. The first-order valence-corrected chi connectivity index (χ1v) is 14.1. The van der Waals surface area contributed by atoms with Crippen LogP contribution < -0.4 is 0 Å². The Morgan fingerprint density at radius 1 is 0.366 bits per heavy atom. The van der Waals surface area contributed by atoms with Gasteiger partial charge in [-0.3, -0.25) is 0 Å². The molecule has 3 heteroatoms. The standard InChI is InChI=1S/C38H23N3/c1-3-11-25(12-4-1)40-31-18-10-8-16-29(31)34-33(40)23-24-21-22-39-32-20-19-28-27-15-7-9-17-30(27)41(26-13-5-2-6-14-26)38(28)35(32)36(34)37(24)39/h1-23H. The number of para-hydroxylation sites is 4. The molecular weight excluding hydrogens is 498 g/mol. The summed E-state index contributed by atoms with van der Waals surface area (Å²) >= 11 is 0. The SMILES string of the molecule is c1ccc(-n2c3ccccc3c3c4c5c6c(ccc5n5ccc(cc32)c45)c2ccccc2n6-c2ccccc2)cc1. The molecule has 0 saturated heterocycles. The molecule has 4 heterocycles. The van der Waals surface area contributed by atoms with Gasteiger partial charge in [0.2, 0.25) is 0 Å². The van der Waals surface area contributed by atoms with Crippen LogP contribution in [-0.2, 0) is 0 Å². The third kappa shape index (κ3) is 2.59.